The molecule has 98 valence electrons. The third-order valence-electron chi connectivity index (χ3n) is 2.53. The first-order valence-electron chi connectivity index (χ1n) is 5.90. The normalized spacial score (nSPS) is 11.6. The van der Waals surface area contributed by atoms with E-state index in [0.717, 1.165) is 17.0 Å². The van der Waals surface area contributed by atoms with E-state index in [1.165, 1.54) is 11.8 Å². The third kappa shape index (κ3) is 3.79. The Morgan fingerprint density at radius 1 is 1.16 bits per heavy atom. The Labute approximate surface area is 116 Å². The van der Waals surface area contributed by atoms with Crippen LogP contribution in [0, 0.1) is 13.8 Å². The van der Waals surface area contributed by atoms with Gasteiger partial charge in [0.15, 0.2) is 5.16 Å². The maximum atomic E-state index is 9.10. The van der Waals surface area contributed by atoms with Crippen LogP contribution in [-0.4, -0.2) is 26.6 Å². The quantitative estimate of drug-likeness (QED) is 0.306. The summed E-state index contributed by atoms with van der Waals surface area (Å²) in [5.74, 6) is 0.531. The fraction of sp³-hybridized carbons (Fsp3) is 0.214. The van der Waals surface area contributed by atoms with Gasteiger partial charge in [0, 0.05) is 22.7 Å². The molecule has 0 aliphatic rings. The van der Waals surface area contributed by atoms with Gasteiger partial charge in [-0.1, -0.05) is 47.2 Å². The van der Waals surface area contributed by atoms with E-state index in [9.17, 15) is 0 Å². The highest BCUT2D eigenvalue weighted by atomic mass is 32.2. The molecule has 0 atom stereocenters. The Kier molecular flexibility index (Phi) is 4.52. The van der Waals surface area contributed by atoms with E-state index in [4.69, 9.17) is 5.21 Å². The summed E-state index contributed by atoms with van der Waals surface area (Å²) in [4.78, 5) is 8.70. The summed E-state index contributed by atoms with van der Waals surface area (Å²) in [5, 5.41) is 13.2. The van der Waals surface area contributed by atoms with Crippen LogP contribution >= 0.6 is 11.8 Å². The van der Waals surface area contributed by atoms with Gasteiger partial charge in [0.1, 0.15) is 0 Å². The molecule has 0 unspecified atom stereocenters. The second-order valence-electron chi connectivity index (χ2n) is 4.13. The van der Waals surface area contributed by atoms with Crippen molar-refractivity contribution < 1.29 is 5.21 Å². The lowest BCUT2D eigenvalue weighted by atomic mass is 10.1. The molecular weight excluding hydrogens is 258 g/mol. The molecule has 4 nitrogen and oxygen atoms in total. The van der Waals surface area contributed by atoms with E-state index in [1.807, 2.05) is 50.2 Å². The van der Waals surface area contributed by atoms with Crippen LogP contribution in [0.25, 0.3) is 0 Å². The van der Waals surface area contributed by atoms with Crippen LogP contribution in [0.3, 0.4) is 0 Å². The summed E-state index contributed by atoms with van der Waals surface area (Å²) in [5.41, 5.74) is 3.41. The van der Waals surface area contributed by atoms with Gasteiger partial charge in [-0.05, 0) is 19.9 Å². The highest BCUT2D eigenvalue weighted by Gasteiger charge is 2.07. The monoisotopic (exact) mass is 273 g/mol. The number of hydrogen-bond acceptors (Lipinski definition) is 5. The van der Waals surface area contributed by atoms with Gasteiger partial charge in [0.25, 0.3) is 0 Å². The van der Waals surface area contributed by atoms with Crippen molar-refractivity contribution in [1.82, 2.24) is 9.97 Å². The minimum absolute atomic E-state index is 0.531. The average molecular weight is 273 g/mol. The Bertz CT molecular complexity index is 564. The topological polar surface area (TPSA) is 58.4 Å². The molecule has 0 aliphatic heterocycles. The molecular formula is C14H15N3OS. The zero-order chi connectivity index (χ0) is 13.7. The Morgan fingerprint density at radius 3 is 2.37 bits per heavy atom. The maximum absolute atomic E-state index is 9.10. The first-order chi connectivity index (χ1) is 9.19. The summed E-state index contributed by atoms with van der Waals surface area (Å²) >= 11 is 1.46. The van der Waals surface area contributed by atoms with E-state index in [1.54, 1.807) is 0 Å². The van der Waals surface area contributed by atoms with Crippen LogP contribution in [-0.2, 0) is 0 Å². The lowest BCUT2D eigenvalue weighted by molar-refractivity contribution is 0.319. The number of hydrogen-bond donors (Lipinski definition) is 1. The Hall–Kier alpha value is -1.88. The van der Waals surface area contributed by atoms with Gasteiger partial charge < -0.3 is 5.21 Å². The number of aryl methyl sites for hydroxylation is 2. The van der Waals surface area contributed by atoms with Crippen molar-refractivity contribution in [3.8, 4) is 0 Å². The molecule has 5 heteroatoms. The van der Waals surface area contributed by atoms with E-state index in [2.05, 4.69) is 15.1 Å². The predicted octanol–water partition coefficient (Wildman–Crippen LogP) is 3.06. The standard InChI is InChI=1S/C14H15N3OS/c1-10-8-11(2)16-14(15-10)19-9-13(17-18)12-6-4-3-5-7-12/h3-8,18H,9H2,1-2H3/b17-13+. The molecule has 0 aliphatic carbocycles. The number of aromatic nitrogens is 2. The van der Waals surface area contributed by atoms with Crippen molar-refractivity contribution in [2.24, 2.45) is 5.16 Å². The Balaban J connectivity index is 2.09. The zero-order valence-electron chi connectivity index (χ0n) is 10.9. The fourth-order valence-corrected chi connectivity index (χ4v) is 2.60. The first kappa shape index (κ1) is 13.5. The van der Waals surface area contributed by atoms with Gasteiger partial charge in [-0.15, -0.1) is 0 Å². The predicted molar refractivity (Wildman–Crippen MR) is 77.0 cm³/mol. The second kappa shape index (κ2) is 6.33. The lowest BCUT2D eigenvalue weighted by Crippen LogP contribution is -2.05. The van der Waals surface area contributed by atoms with Gasteiger partial charge in [-0.25, -0.2) is 9.97 Å². The molecule has 1 aromatic carbocycles. The molecule has 0 fully saturated rings. The molecule has 0 amide bonds. The van der Waals surface area contributed by atoms with Gasteiger partial charge in [0.05, 0.1) is 5.71 Å². The zero-order valence-corrected chi connectivity index (χ0v) is 11.7. The summed E-state index contributed by atoms with van der Waals surface area (Å²) in [7, 11) is 0. The van der Waals surface area contributed by atoms with Crippen LogP contribution in [0.2, 0.25) is 0 Å². The van der Waals surface area contributed by atoms with Crippen LogP contribution in [0.1, 0.15) is 17.0 Å². The van der Waals surface area contributed by atoms with Crippen LogP contribution in [0.15, 0.2) is 46.7 Å². The number of benzene rings is 1. The van der Waals surface area contributed by atoms with Gasteiger partial charge in [-0.3, -0.25) is 0 Å². The number of rotatable bonds is 4. The van der Waals surface area contributed by atoms with Crippen molar-refractivity contribution >= 4 is 17.5 Å². The fourth-order valence-electron chi connectivity index (χ4n) is 1.69. The maximum Gasteiger partial charge on any atom is 0.188 e. The summed E-state index contributed by atoms with van der Waals surface area (Å²) in [6.07, 6.45) is 0. The van der Waals surface area contributed by atoms with E-state index in [-0.39, 0.29) is 0 Å². The highest BCUT2D eigenvalue weighted by Crippen LogP contribution is 2.16. The number of thioether (sulfide) groups is 1. The number of nitrogens with zero attached hydrogens (tertiary/aromatic N) is 3. The molecule has 2 rings (SSSR count). The lowest BCUT2D eigenvalue weighted by Gasteiger charge is -2.05. The molecule has 0 saturated heterocycles. The molecule has 0 radical (unpaired) electrons. The molecule has 1 N–H and O–H groups in total. The van der Waals surface area contributed by atoms with Crippen LogP contribution in [0.4, 0.5) is 0 Å². The molecule has 0 bridgehead atoms. The summed E-state index contributed by atoms with van der Waals surface area (Å²) in [6.45, 7) is 3.88. The molecule has 0 spiro atoms. The smallest absolute Gasteiger partial charge is 0.188 e. The van der Waals surface area contributed by atoms with Crippen molar-refractivity contribution in [1.29, 1.82) is 0 Å². The Morgan fingerprint density at radius 2 is 1.79 bits per heavy atom. The van der Waals surface area contributed by atoms with Gasteiger partial charge in [0.2, 0.25) is 0 Å². The van der Waals surface area contributed by atoms with Crippen LogP contribution in [0.5, 0.6) is 0 Å². The molecule has 1 heterocycles. The van der Waals surface area contributed by atoms with Crippen molar-refractivity contribution in [2.75, 3.05) is 5.75 Å². The first-order valence-corrected chi connectivity index (χ1v) is 6.89. The van der Waals surface area contributed by atoms with Crippen molar-refractivity contribution in [2.45, 2.75) is 19.0 Å². The third-order valence-corrected chi connectivity index (χ3v) is 3.39. The minimum atomic E-state index is 0.531. The molecule has 0 saturated carbocycles. The van der Waals surface area contributed by atoms with E-state index < -0.39 is 0 Å². The molecule has 2 aromatic rings. The summed E-state index contributed by atoms with van der Waals surface area (Å²) < 4.78 is 0. The van der Waals surface area contributed by atoms with E-state index in [0.29, 0.717) is 16.6 Å². The summed E-state index contributed by atoms with van der Waals surface area (Å²) in [6, 6.07) is 11.5. The second-order valence-corrected chi connectivity index (χ2v) is 5.08. The SMILES string of the molecule is Cc1cc(C)nc(SC/C(=N\O)c2ccccc2)n1. The van der Waals surface area contributed by atoms with Gasteiger partial charge in [-0.2, -0.15) is 0 Å². The largest absolute Gasteiger partial charge is 0.411 e. The minimum Gasteiger partial charge on any atom is -0.411 e. The average Bonchev–Trinajstić information content (AvgIpc) is 2.39. The van der Waals surface area contributed by atoms with E-state index >= 15 is 0 Å². The van der Waals surface area contributed by atoms with Gasteiger partial charge >= 0.3 is 0 Å². The van der Waals surface area contributed by atoms with Crippen molar-refractivity contribution in [3.63, 3.8) is 0 Å². The molecule has 19 heavy (non-hydrogen) atoms. The number of oxime groups is 1. The van der Waals surface area contributed by atoms with Crippen molar-refractivity contribution in [3.05, 3.63) is 53.3 Å². The van der Waals surface area contributed by atoms with Crippen LogP contribution < -0.4 is 0 Å². The highest BCUT2D eigenvalue weighted by molar-refractivity contribution is 7.99. The molecule has 1 aromatic heterocycles.